The van der Waals surface area contributed by atoms with E-state index in [1.54, 1.807) is 18.3 Å². The van der Waals surface area contributed by atoms with E-state index in [0.717, 1.165) is 5.82 Å². The van der Waals surface area contributed by atoms with Crippen molar-refractivity contribution in [2.45, 2.75) is 19.7 Å². The molecule has 0 radical (unpaired) electrons. The van der Waals surface area contributed by atoms with Crippen LogP contribution in [0.4, 0.5) is 4.39 Å². The van der Waals surface area contributed by atoms with Gasteiger partial charge in [0.05, 0.1) is 6.61 Å². The van der Waals surface area contributed by atoms with Crippen molar-refractivity contribution in [2.24, 2.45) is 0 Å². The molecule has 20 heavy (non-hydrogen) atoms. The van der Waals surface area contributed by atoms with E-state index in [4.69, 9.17) is 4.74 Å². The summed E-state index contributed by atoms with van der Waals surface area (Å²) >= 11 is 0. The van der Waals surface area contributed by atoms with Crippen LogP contribution in [-0.2, 0) is 24.4 Å². The van der Waals surface area contributed by atoms with E-state index in [1.165, 1.54) is 12.1 Å². The molecule has 1 aromatic heterocycles. The van der Waals surface area contributed by atoms with E-state index < -0.39 is 0 Å². The van der Waals surface area contributed by atoms with Crippen molar-refractivity contribution in [3.8, 4) is 0 Å². The monoisotopic (exact) mass is 275 g/mol. The van der Waals surface area contributed by atoms with Gasteiger partial charge < -0.3 is 14.6 Å². The number of carbonyl (C=O) groups excluding carboxylic acids is 1. The van der Waals surface area contributed by atoms with E-state index in [2.05, 4.69) is 10.3 Å². The lowest BCUT2D eigenvalue weighted by Gasteiger charge is -2.13. The average Bonchev–Trinajstić information content (AvgIpc) is 2.89. The molecule has 0 unspecified atom stereocenters. The van der Waals surface area contributed by atoms with Crippen molar-refractivity contribution in [2.75, 3.05) is 6.61 Å². The molecule has 0 bridgehead atoms. The average molecular weight is 275 g/mol. The molecule has 104 valence electrons. The predicted octanol–water partition coefficient (Wildman–Crippen LogP) is 1.48. The molecule has 0 spiro atoms. The summed E-state index contributed by atoms with van der Waals surface area (Å²) in [5.74, 6) is 0.176. The second kappa shape index (κ2) is 5.42. The van der Waals surface area contributed by atoms with Crippen LogP contribution in [0.15, 0.2) is 30.5 Å². The second-order valence-corrected chi connectivity index (χ2v) is 4.60. The Labute approximate surface area is 115 Å². The molecule has 2 aromatic rings. The van der Waals surface area contributed by atoms with Crippen molar-refractivity contribution in [1.82, 2.24) is 14.9 Å². The number of halogens is 1. The number of hydrogen-bond acceptors (Lipinski definition) is 3. The number of fused-ring (bicyclic) bond motifs is 1. The topological polar surface area (TPSA) is 56.2 Å². The maximum absolute atomic E-state index is 13.0. The first kappa shape index (κ1) is 12.8. The Balaban J connectivity index is 1.66. The van der Waals surface area contributed by atoms with Gasteiger partial charge in [0.2, 0.25) is 0 Å². The van der Waals surface area contributed by atoms with E-state index in [0.29, 0.717) is 31.0 Å². The third-order valence-corrected chi connectivity index (χ3v) is 3.14. The Morgan fingerprint density at radius 1 is 1.50 bits per heavy atom. The largest absolute Gasteiger partial charge is 0.372 e. The van der Waals surface area contributed by atoms with Crippen LogP contribution in [0.5, 0.6) is 0 Å². The number of hydrogen-bond donors (Lipinski definition) is 1. The Hall–Kier alpha value is -2.21. The molecule has 1 amide bonds. The summed E-state index contributed by atoms with van der Waals surface area (Å²) in [6, 6.07) is 6.14. The number of carbonyl (C=O) groups is 1. The summed E-state index contributed by atoms with van der Waals surface area (Å²) in [5.41, 5.74) is 1.08. The van der Waals surface area contributed by atoms with Crippen LogP contribution in [0.3, 0.4) is 0 Å². The fourth-order valence-corrected chi connectivity index (χ4v) is 2.12. The Morgan fingerprint density at radius 3 is 3.20 bits per heavy atom. The smallest absolute Gasteiger partial charge is 0.271 e. The van der Waals surface area contributed by atoms with E-state index in [-0.39, 0.29) is 18.3 Å². The summed E-state index contributed by atoms with van der Waals surface area (Å²) < 4.78 is 20.2. The Morgan fingerprint density at radius 2 is 2.40 bits per heavy atom. The number of nitrogens with zero attached hydrogens (tertiary/aromatic N) is 2. The molecule has 3 rings (SSSR count). The van der Waals surface area contributed by atoms with Gasteiger partial charge in [-0.2, -0.15) is 0 Å². The minimum atomic E-state index is -0.314. The van der Waals surface area contributed by atoms with Crippen LogP contribution in [0.25, 0.3) is 0 Å². The predicted molar refractivity (Wildman–Crippen MR) is 69.5 cm³/mol. The van der Waals surface area contributed by atoms with Crippen molar-refractivity contribution in [1.29, 1.82) is 0 Å². The molecule has 1 N–H and O–H groups in total. The molecule has 1 aromatic carbocycles. The highest BCUT2D eigenvalue weighted by molar-refractivity contribution is 5.92. The first-order valence-electron chi connectivity index (χ1n) is 6.39. The minimum Gasteiger partial charge on any atom is -0.372 e. The van der Waals surface area contributed by atoms with E-state index in [9.17, 15) is 9.18 Å². The lowest BCUT2D eigenvalue weighted by Crippen LogP contribution is -2.23. The highest BCUT2D eigenvalue weighted by Gasteiger charge is 2.16. The lowest BCUT2D eigenvalue weighted by molar-refractivity contribution is 0.0816. The molecular formula is C14H14FN3O2. The van der Waals surface area contributed by atoms with Crippen molar-refractivity contribution in [3.63, 3.8) is 0 Å². The molecule has 0 fully saturated rings. The summed E-state index contributed by atoms with van der Waals surface area (Å²) in [5, 5.41) is 2.73. The molecule has 6 heteroatoms. The standard InChI is InChI=1S/C14H14FN3O2/c15-11-3-1-2-10(6-11)7-16-14(19)12-8-18-4-5-20-9-13(18)17-12/h1-3,6,8H,4-5,7,9H2,(H,16,19). The number of benzene rings is 1. The van der Waals surface area contributed by atoms with Crippen LogP contribution in [0.1, 0.15) is 21.9 Å². The van der Waals surface area contributed by atoms with Gasteiger partial charge in [0.1, 0.15) is 23.9 Å². The number of ether oxygens (including phenoxy) is 1. The maximum atomic E-state index is 13.0. The fraction of sp³-hybridized carbons (Fsp3) is 0.286. The number of rotatable bonds is 3. The van der Waals surface area contributed by atoms with Crippen LogP contribution in [0.2, 0.25) is 0 Å². The summed E-state index contributed by atoms with van der Waals surface area (Å²) in [7, 11) is 0. The molecular weight excluding hydrogens is 261 g/mol. The Bertz CT molecular complexity index is 616. The minimum absolute atomic E-state index is 0.267. The summed E-state index contributed by atoms with van der Waals surface area (Å²) in [6.45, 7) is 2.04. The summed E-state index contributed by atoms with van der Waals surface area (Å²) in [4.78, 5) is 16.2. The third-order valence-electron chi connectivity index (χ3n) is 3.14. The van der Waals surface area contributed by atoms with E-state index in [1.807, 2.05) is 4.57 Å². The zero-order valence-electron chi connectivity index (χ0n) is 10.8. The van der Waals surface area contributed by atoms with Gasteiger partial charge in [-0.25, -0.2) is 9.37 Å². The number of amides is 1. The lowest BCUT2D eigenvalue weighted by atomic mass is 10.2. The first-order valence-corrected chi connectivity index (χ1v) is 6.39. The number of imidazole rings is 1. The van der Waals surface area contributed by atoms with E-state index >= 15 is 0 Å². The fourth-order valence-electron chi connectivity index (χ4n) is 2.12. The molecule has 2 heterocycles. The summed E-state index contributed by atoms with van der Waals surface area (Å²) in [6.07, 6.45) is 1.72. The highest BCUT2D eigenvalue weighted by Crippen LogP contribution is 2.10. The number of nitrogens with one attached hydrogen (secondary N) is 1. The van der Waals surface area contributed by atoms with Crippen LogP contribution >= 0.6 is 0 Å². The van der Waals surface area contributed by atoms with Gasteiger partial charge in [0.25, 0.3) is 5.91 Å². The third kappa shape index (κ3) is 2.70. The van der Waals surface area contributed by atoms with Gasteiger partial charge >= 0.3 is 0 Å². The number of aromatic nitrogens is 2. The van der Waals surface area contributed by atoms with Crippen LogP contribution < -0.4 is 5.32 Å². The zero-order chi connectivity index (χ0) is 13.9. The van der Waals surface area contributed by atoms with Crippen molar-refractivity contribution < 1.29 is 13.9 Å². The van der Waals surface area contributed by atoms with Gasteiger partial charge in [-0.15, -0.1) is 0 Å². The zero-order valence-corrected chi connectivity index (χ0v) is 10.8. The van der Waals surface area contributed by atoms with Gasteiger partial charge in [-0.05, 0) is 17.7 Å². The normalized spacial score (nSPS) is 13.8. The van der Waals surface area contributed by atoms with Gasteiger partial charge in [0, 0.05) is 19.3 Å². The molecule has 0 saturated carbocycles. The van der Waals surface area contributed by atoms with Gasteiger partial charge in [0.15, 0.2) is 0 Å². The van der Waals surface area contributed by atoms with Crippen LogP contribution in [-0.4, -0.2) is 22.1 Å². The maximum Gasteiger partial charge on any atom is 0.271 e. The SMILES string of the molecule is O=C(NCc1cccc(F)c1)c1cn2c(n1)COCC2. The quantitative estimate of drug-likeness (QED) is 0.923. The van der Waals surface area contributed by atoms with Crippen molar-refractivity contribution >= 4 is 5.91 Å². The molecule has 0 saturated heterocycles. The second-order valence-electron chi connectivity index (χ2n) is 4.60. The molecule has 1 aliphatic rings. The first-order chi connectivity index (χ1) is 9.72. The molecule has 5 nitrogen and oxygen atoms in total. The highest BCUT2D eigenvalue weighted by atomic mass is 19.1. The molecule has 1 aliphatic heterocycles. The molecule has 0 atom stereocenters. The Kier molecular flexibility index (Phi) is 3.47. The van der Waals surface area contributed by atoms with Crippen molar-refractivity contribution in [3.05, 3.63) is 53.4 Å². The molecule has 0 aliphatic carbocycles. The van der Waals surface area contributed by atoms with Crippen LogP contribution in [0, 0.1) is 5.82 Å². The van der Waals surface area contributed by atoms with Gasteiger partial charge in [-0.1, -0.05) is 12.1 Å². The van der Waals surface area contributed by atoms with Gasteiger partial charge in [-0.3, -0.25) is 4.79 Å².